The van der Waals surface area contributed by atoms with Crippen LogP contribution < -0.4 is 5.73 Å². The van der Waals surface area contributed by atoms with Gasteiger partial charge in [0.15, 0.2) is 0 Å². The highest BCUT2D eigenvalue weighted by molar-refractivity contribution is 7.89. The van der Waals surface area contributed by atoms with E-state index < -0.39 is 10.0 Å². The third-order valence-electron chi connectivity index (χ3n) is 2.80. The zero-order valence-corrected chi connectivity index (χ0v) is 10.6. The predicted molar refractivity (Wildman–Crippen MR) is 65.8 cm³/mol. The van der Waals surface area contributed by atoms with Crippen LogP contribution in [0.15, 0.2) is 23.4 Å². The SMILES string of the molecule is N#CCCN(C1CC1)S(=O)(=O)c1cnccc1N. The molecule has 0 spiro atoms. The summed E-state index contributed by atoms with van der Waals surface area (Å²) in [6.45, 7) is 0.206. The summed E-state index contributed by atoms with van der Waals surface area (Å²) in [5, 5.41) is 8.60. The molecule has 1 aliphatic rings. The van der Waals surface area contributed by atoms with E-state index in [1.807, 2.05) is 6.07 Å². The molecule has 1 aromatic rings. The molecule has 0 radical (unpaired) electrons. The lowest BCUT2D eigenvalue weighted by Crippen LogP contribution is -2.34. The van der Waals surface area contributed by atoms with Crippen molar-refractivity contribution in [2.24, 2.45) is 0 Å². The molecule has 0 unspecified atom stereocenters. The molecule has 2 N–H and O–H groups in total. The van der Waals surface area contributed by atoms with Crippen LogP contribution in [-0.2, 0) is 10.0 Å². The second kappa shape index (κ2) is 4.92. The molecule has 0 aliphatic heterocycles. The molecule has 1 fully saturated rings. The molecule has 18 heavy (non-hydrogen) atoms. The van der Waals surface area contributed by atoms with Crippen LogP contribution >= 0.6 is 0 Å². The zero-order chi connectivity index (χ0) is 13.2. The molecular formula is C11H14N4O2S. The number of anilines is 1. The van der Waals surface area contributed by atoms with Crippen molar-refractivity contribution in [2.75, 3.05) is 12.3 Å². The topological polar surface area (TPSA) is 100 Å². The van der Waals surface area contributed by atoms with Gasteiger partial charge in [0.05, 0.1) is 11.8 Å². The maximum absolute atomic E-state index is 12.4. The van der Waals surface area contributed by atoms with E-state index in [-0.39, 0.29) is 29.6 Å². The van der Waals surface area contributed by atoms with E-state index >= 15 is 0 Å². The quantitative estimate of drug-likeness (QED) is 0.846. The monoisotopic (exact) mass is 266 g/mol. The van der Waals surface area contributed by atoms with Gasteiger partial charge in [0.2, 0.25) is 10.0 Å². The molecule has 1 heterocycles. The summed E-state index contributed by atoms with van der Waals surface area (Å²) in [6.07, 6.45) is 4.56. The van der Waals surface area contributed by atoms with Crippen molar-refractivity contribution < 1.29 is 8.42 Å². The normalized spacial score (nSPS) is 15.6. The first kappa shape index (κ1) is 12.8. The van der Waals surface area contributed by atoms with Gasteiger partial charge in [0.25, 0.3) is 0 Å². The van der Waals surface area contributed by atoms with Gasteiger partial charge in [-0.2, -0.15) is 9.57 Å². The number of nitrogen functional groups attached to an aromatic ring is 1. The number of nitriles is 1. The second-order valence-corrected chi connectivity index (χ2v) is 6.03. The summed E-state index contributed by atoms with van der Waals surface area (Å²) in [6, 6.07) is 3.43. The molecule has 0 atom stereocenters. The molecular weight excluding hydrogens is 252 g/mol. The minimum Gasteiger partial charge on any atom is -0.398 e. The van der Waals surface area contributed by atoms with Gasteiger partial charge in [-0.3, -0.25) is 4.98 Å². The fraction of sp³-hybridized carbons (Fsp3) is 0.455. The summed E-state index contributed by atoms with van der Waals surface area (Å²) < 4.78 is 26.2. The van der Waals surface area contributed by atoms with Crippen LogP contribution in [0.3, 0.4) is 0 Å². The van der Waals surface area contributed by atoms with Gasteiger partial charge in [-0.25, -0.2) is 8.42 Å². The van der Waals surface area contributed by atoms with E-state index in [0.29, 0.717) is 0 Å². The molecule has 1 aliphatic carbocycles. The highest BCUT2D eigenvalue weighted by Gasteiger charge is 2.38. The van der Waals surface area contributed by atoms with Crippen molar-refractivity contribution >= 4 is 15.7 Å². The van der Waals surface area contributed by atoms with E-state index in [4.69, 9.17) is 11.0 Å². The number of hydrogen-bond donors (Lipinski definition) is 1. The van der Waals surface area contributed by atoms with Crippen molar-refractivity contribution in [3.63, 3.8) is 0 Å². The van der Waals surface area contributed by atoms with E-state index in [9.17, 15) is 8.42 Å². The van der Waals surface area contributed by atoms with Crippen LogP contribution in [0.2, 0.25) is 0 Å². The van der Waals surface area contributed by atoms with Crippen molar-refractivity contribution in [2.45, 2.75) is 30.2 Å². The lowest BCUT2D eigenvalue weighted by Gasteiger charge is -2.21. The molecule has 1 saturated carbocycles. The van der Waals surface area contributed by atoms with Gasteiger partial charge in [-0.15, -0.1) is 0 Å². The molecule has 0 bridgehead atoms. The Bertz CT molecular complexity index is 575. The van der Waals surface area contributed by atoms with Gasteiger partial charge in [-0.1, -0.05) is 0 Å². The minimum absolute atomic E-state index is 0.00274. The Morgan fingerprint density at radius 3 is 2.83 bits per heavy atom. The summed E-state index contributed by atoms with van der Waals surface area (Å²) in [5.41, 5.74) is 5.87. The lowest BCUT2D eigenvalue weighted by atomic mass is 10.4. The first-order valence-electron chi connectivity index (χ1n) is 5.65. The van der Waals surface area contributed by atoms with Gasteiger partial charge in [-0.05, 0) is 18.9 Å². The van der Waals surface area contributed by atoms with Gasteiger partial charge in [0.1, 0.15) is 4.90 Å². The largest absolute Gasteiger partial charge is 0.398 e. The Balaban J connectivity index is 2.34. The summed E-state index contributed by atoms with van der Waals surface area (Å²) >= 11 is 0. The minimum atomic E-state index is -3.65. The molecule has 7 heteroatoms. The van der Waals surface area contributed by atoms with Crippen LogP contribution in [0.1, 0.15) is 19.3 Å². The fourth-order valence-electron chi connectivity index (χ4n) is 1.75. The number of nitrogens with zero attached hydrogens (tertiary/aromatic N) is 3. The van der Waals surface area contributed by atoms with Crippen LogP contribution in [0.4, 0.5) is 5.69 Å². The Morgan fingerprint density at radius 1 is 1.56 bits per heavy atom. The van der Waals surface area contributed by atoms with E-state index in [0.717, 1.165) is 12.8 Å². The third kappa shape index (κ3) is 2.44. The Kier molecular flexibility index (Phi) is 3.50. The lowest BCUT2D eigenvalue weighted by molar-refractivity contribution is 0.411. The Hall–Kier alpha value is -1.65. The van der Waals surface area contributed by atoms with Crippen LogP contribution in [-0.4, -0.2) is 30.3 Å². The predicted octanol–water partition coefficient (Wildman–Crippen LogP) is 0.731. The number of aromatic nitrogens is 1. The highest BCUT2D eigenvalue weighted by Crippen LogP contribution is 2.33. The Morgan fingerprint density at radius 2 is 2.28 bits per heavy atom. The Labute approximate surface area is 106 Å². The van der Waals surface area contributed by atoms with Crippen molar-refractivity contribution in [1.82, 2.24) is 9.29 Å². The summed E-state index contributed by atoms with van der Waals surface area (Å²) in [4.78, 5) is 3.83. The smallest absolute Gasteiger partial charge is 0.246 e. The summed E-state index contributed by atoms with van der Waals surface area (Å²) in [7, 11) is -3.65. The standard InChI is InChI=1S/C11H14N4O2S/c12-5-1-7-15(9-2-3-9)18(16,17)11-8-14-6-4-10(11)13/h4,6,8-9H,1-3,7H2,(H2,13,14). The second-order valence-electron chi connectivity index (χ2n) is 4.17. The average molecular weight is 266 g/mol. The molecule has 6 nitrogen and oxygen atoms in total. The van der Waals surface area contributed by atoms with Gasteiger partial charge >= 0.3 is 0 Å². The number of pyridine rings is 1. The maximum Gasteiger partial charge on any atom is 0.246 e. The van der Waals surface area contributed by atoms with Crippen molar-refractivity contribution in [3.05, 3.63) is 18.5 Å². The highest BCUT2D eigenvalue weighted by atomic mass is 32.2. The van der Waals surface area contributed by atoms with Crippen molar-refractivity contribution in [1.29, 1.82) is 5.26 Å². The first-order chi connectivity index (χ1) is 8.57. The first-order valence-corrected chi connectivity index (χ1v) is 7.09. The van der Waals surface area contributed by atoms with E-state index in [1.165, 1.54) is 22.8 Å². The molecule has 2 rings (SSSR count). The van der Waals surface area contributed by atoms with Gasteiger partial charge < -0.3 is 5.73 Å². The summed E-state index contributed by atoms with van der Waals surface area (Å²) in [5.74, 6) is 0. The molecule has 1 aromatic heterocycles. The zero-order valence-electron chi connectivity index (χ0n) is 9.78. The van der Waals surface area contributed by atoms with Crippen molar-refractivity contribution in [3.8, 4) is 6.07 Å². The maximum atomic E-state index is 12.4. The average Bonchev–Trinajstić information content (AvgIpc) is 3.14. The van der Waals surface area contributed by atoms with Crippen LogP contribution in [0, 0.1) is 11.3 Å². The number of hydrogen-bond acceptors (Lipinski definition) is 5. The van der Waals surface area contributed by atoms with Crippen LogP contribution in [0.25, 0.3) is 0 Å². The molecule has 0 aromatic carbocycles. The molecule has 0 saturated heterocycles. The number of rotatable bonds is 5. The van der Waals surface area contributed by atoms with Gasteiger partial charge in [0, 0.05) is 31.4 Å². The van der Waals surface area contributed by atoms with Crippen LogP contribution in [0.5, 0.6) is 0 Å². The third-order valence-corrected chi connectivity index (χ3v) is 4.80. The number of nitrogens with two attached hydrogens (primary N) is 1. The van der Waals surface area contributed by atoms with E-state index in [1.54, 1.807) is 0 Å². The molecule has 96 valence electrons. The number of sulfonamides is 1. The van der Waals surface area contributed by atoms with E-state index in [2.05, 4.69) is 4.98 Å². The molecule has 0 amide bonds. The fourth-order valence-corrected chi connectivity index (χ4v) is 3.50.